The van der Waals surface area contributed by atoms with E-state index in [0.29, 0.717) is 5.02 Å². The molecule has 0 amide bonds. The molecule has 1 aliphatic carbocycles. The fourth-order valence-corrected chi connectivity index (χ4v) is 5.95. The van der Waals surface area contributed by atoms with E-state index < -0.39 is 20.5 Å². The van der Waals surface area contributed by atoms with Crippen LogP contribution in [0.1, 0.15) is 11.5 Å². The molecule has 3 rings (SSSR count). The van der Waals surface area contributed by atoms with Crippen LogP contribution >= 0.6 is 11.6 Å². The Kier molecular flexibility index (Phi) is 4.23. The lowest BCUT2D eigenvalue weighted by Gasteiger charge is -2.12. The van der Waals surface area contributed by atoms with E-state index in [1.807, 2.05) is 30.3 Å². The fraction of sp³-hybridized carbons (Fsp3) is 0.294. The van der Waals surface area contributed by atoms with Crippen molar-refractivity contribution in [3.05, 3.63) is 65.2 Å². The molecular formula is C17H18ClNO3S. The highest BCUT2D eigenvalue weighted by Gasteiger charge is 2.70. The van der Waals surface area contributed by atoms with Crippen LogP contribution in [0.25, 0.3) is 0 Å². The van der Waals surface area contributed by atoms with Crippen LogP contribution in [-0.4, -0.2) is 31.9 Å². The SMILES string of the molecule is NC[C@]1(CO)[C@H](c2ccccc2)[C@H]1S(=O)(=O)c1ccc(Cl)cc1. The number of hydrogen-bond acceptors (Lipinski definition) is 4. The third-order valence-corrected chi connectivity index (χ3v) is 7.28. The maximum absolute atomic E-state index is 13.0. The van der Waals surface area contributed by atoms with Gasteiger partial charge in [-0.2, -0.15) is 0 Å². The Labute approximate surface area is 140 Å². The van der Waals surface area contributed by atoms with Gasteiger partial charge in [0.2, 0.25) is 0 Å². The molecular weight excluding hydrogens is 334 g/mol. The molecule has 0 unspecified atom stereocenters. The lowest BCUT2D eigenvalue weighted by Crippen LogP contribution is -2.27. The molecule has 0 bridgehead atoms. The molecule has 4 nitrogen and oxygen atoms in total. The maximum Gasteiger partial charge on any atom is 0.182 e. The molecule has 2 aromatic carbocycles. The van der Waals surface area contributed by atoms with E-state index in [-0.39, 0.29) is 24.0 Å². The van der Waals surface area contributed by atoms with Crippen LogP contribution in [0.3, 0.4) is 0 Å². The lowest BCUT2D eigenvalue weighted by atomic mass is 10.0. The predicted molar refractivity (Wildman–Crippen MR) is 90.2 cm³/mol. The van der Waals surface area contributed by atoms with E-state index in [2.05, 4.69) is 0 Å². The Morgan fingerprint density at radius 2 is 1.70 bits per heavy atom. The van der Waals surface area contributed by atoms with Gasteiger partial charge < -0.3 is 10.8 Å². The number of sulfone groups is 1. The van der Waals surface area contributed by atoms with E-state index in [9.17, 15) is 13.5 Å². The Balaban J connectivity index is 2.05. The normalized spacial score (nSPS) is 26.9. The predicted octanol–water partition coefficient (Wildman–Crippen LogP) is 2.22. The van der Waals surface area contributed by atoms with Crippen LogP contribution in [0.2, 0.25) is 5.02 Å². The first-order valence-corrected chi connectivity index (χ1v) is 9.25. The molecule has 3 atom stereocenters. The summed E-state index contributed by atoms with van der Waals surface area (Å²) < 4.78 is 26.0. The van der Waals surface area contributed by atoms with Gasteiger partial charge in [0.15, 0.2) is 9.84 Å². The average molecular weight is 352 g/mol. The van der Waals surface area contributed by atoms with Gasteiger partial charge in [0.05, 0.1) is 16.8 Å². The maximum atomic E-state index is 13.0. The quantitative estimate of drug-likeness (QED) is 0.865. The van der Waals surface area contributed by atoms with Crippen molar-refractivity contribution in [3.8, 4) is 0 Å². The van der Waals surface area contributed by atoms with Gasteiger partial charge in [-0.1, -0.05) is 41.9 Å². The molecule has 0 aliphatic heterocycles. The fourth-order valence-electron chi connectivity index (χ4n) is 3.38. The molecule has 3 N–H and O–H groups in total. The van der Waals surface area contributed by atoms with Gasteiger partial charge in [-0.05, 0) is 29.8 Å². The molecule has 1 aliphatic rings. The number of nitrogens with two attached hydrogens (primary N) is 1. The third kappa shape index (κ3) is 2.58. The smallest absolute Gasteiger partial charge is 0.182 e. The minimum absolute atomic E-state index is 0.112. The summed E-state index contributed by atoms with van der Waals surface area (Å²) in [6.07, 6.45) is 0. The summed E-state index contributed by atoms with van der Waals surface area (Å²) in [6.45, 7) is -0.152. The Morgan fingerprint density at radius 1 is 1.09 bits per heavy atom. The van der Waals surface area contributed by atoms with Gasteiger partial charge >= 0.3 is 0 Å². The molecule has 1 fully saturated rings. The van der Waals surface area contributed by atoms with Crippen LogP contribution in [-0.2, 0) is 9.84 Å². The first-order chi connectivity index (χ1) is 11.0. The van der Waals surface area contributed by atoms with Gasteiger partial charge in [-0.3, -0.25) is 0 Å². The Bertz CT molecular complexity index is 786. The van der Waals surface area contributed by atoms with Gasteiger partial charge in [-0.25, -0.2) is 8.42 Å². The molecule has 0 heterocycles. The minimum atomic E-state index is -3.61. The van der Waals surface area contributed by atoms with Crippen LogP contribution in [0.15, 0.2) is 59.5 Å². The summed E-state index contributed by atoms with van der Waals surface area (Å²) in [4.78, 5) is 0.205. The molecule has 0 saturated heterocycles. The van der Waals surface area contributed by atoms with Crippen LogP contribution in [0, 0.1) is 5.41 Å². The summed E-state index contributed by atoms with van der Waals surface area (Å²) in [6, 6.07) is 15.4. The molecule has 122 valence electrons. The second kappa shape index (κ2) is 5.91. The molecule has 0 radical (unpaired) electrons. The highest BCUT2D eigenvalue weighted by molar-refractivity contribution is 7.92. The number of halogens is 1. The van der Waals surface area contributed by atoms with E-state index >= 15 is 0 Å². The van der Waals surface area contributed by atoms with Gasteiger partial charge in [-0.15, -0.1) is 0 Å². The largest absolute Gasteiger partial charge is 0.396 e. The van der Waals surface area contributed by atoms with E-state index in [1.54, 1.807) is 12.1 Å². The molecule has 23 heavy (non-hydrogen) atoms. The summed E-state index contributed by atoms with van der Waals surface area (Å²) in [5.41, 5.74) is 5.90. The van der Waals surface area contributed by atoms with Crippen LogP contribution in [0.5, 0.6) is 0 Å². The Morgan fingerprint density at radius 3 is 2.22 bits per heavy atom. The van der Waals surface area contributed by atoms with Gasteiger partial charge in [0.25, 0.3) is 0 Å². The van der Waals surface area contributed by atoms with Crippen LogP contribution in [0.4, 0.5) is 0 Å². The van der Waals surface area contributed by atoms with E-state index in [0.717, 1.165) is 5.56 Å². The van der Waals surface area contributed by atoms with Crippen molar-refractivity contribution in [2.24, 2.45) is 11.1 Å². The van der Waals surface area contributed by atoms with Crippen molar-refractivity contribution in [1.29, 1.82) is 0 Å². The zero-order valence-electron chi connectivity index (χ0n) is 12.4. The zero-order chi connectivity index (χ0) is 16.7. The molecule has 0 aromatic heterocycles. The monoisotopic (exact) mass is 351 g/mol. The Hall–Kier alpha value is -1.40. The second-order valence-electron chi connectivity index (χ2n) is 5.90. The number of hydrogen-bond donors (Lipinski definition) is 2. The summed E-state index contributed by atoms with van der Waals surface area (Å²) in [5, 5.41) is 9.60. The highest BCUT2D eigenvalue weighted by atomic mass is 35.5. The molecule has 1 saturated carbocycles. The van der Waals surface area contributed by atoms with Crippen molar-refractivity contribution >= 4 is 21.4 Å². The number of rotatable bonds is 5. The summed E-state index contributed by atoms with van der Waals surface area (Å²) in [5.74, 6) is -0.306. The van der Waals surface area contributed by atoms with Crippen LogP contribution < -0.4 is 5.73 Å². The average Bonchev–Trinajstić information content (AvgIpc) is 3.27. The van der Waals surface area contributed by atoms with E-state index in [1.165, 1.54) is 12.1 Å². The number of benzene rings is 2. The topological polar surface area (TPSA) is 80.4 Å². The lowest BCUT2D eigenvalue weighted by molar-refractivity contribution is 0.212. The van der Waals surface area contributed by atoms with Crippen molar-refractivity contribution in [2.45, 2.75) is 16.1 Å². The van der Waals surface area contributed by atoms with Gasteiger partial charge in [0.1, 0.15) is 0 Å². The van der Waals surface area contributed by atoms with E-state index in [4.69, 9.17) is 17.3 Å². The first kappa shape index (κ1) is 16.5. The highest BCUT2D eigenvalue weighted by Crippen LogP contribution is 2.63. The summed E-state index contributed by atoms with van der Waals surface area (Å²) in [7, 11) is -3.61. The third-order valence-electron chi connectivity index (χ3n) is 4.69. The van der Waals surface area contributed by atoms with Crippen molar-refractivity contribution in [3.63, 3.8) is 0 Å². The number of aliphatic hydroxyl groups is 1. The first-order valence-electron chi connectivity index (χ1n) is 7.33. The number of aliphatic hydroxyl groups excluding tert-OH is 1. The zero-order valence-corrected chi connectivity index (χ0v) is 14.0. The molecule has 6 heteroatoms. The minimum Gasteiger partial charge on any atom is -0.396 e. The standard InChI is InChI=1S/C17H18ClNO3S/c18-13-6-8-14(9-7-13)23(21,22)16-15(17(16,10-19)11-20)12-4-2-1-3-5-12/h1-9,15-16,20H,10-11,19H2/t15-,16-,17+/m1/s1. The van der Waals surface area contributed by atoms with Crippen molar-refractivity contribution < 1.29 is 13.5 Å². The van der Waals surface area contributed by atoms with Crippen molar-refractivity contribution in [2.75, 3.05) is 13.2 Å². The van der Waals surface area contributed by atoms with Gasteiger partial charge in [0, 0.05) is 22.9 Å². The molecule has 2 aromatic rings. The second-order valence-corrected chi connectivity index (χ2v) is 8.41. The summed E-state index contributed by atoms with van der Waals surface area (Å²) >= 11 is 5.84. The van der Waals surface area contributed by atoms with Crippen molar-refractivity contribution in [1.82, 2.24) is 0 Å². The molecule has 0 spiro atoms.